The third kappa shape index (κ3) is 5.67. The number of alkyl halides is 3. The van der Waals surface area contributed by atoms with E-state index < -0.39 is 11.7 Å². The van der Waals surface area contributed by atoms with Gasteiger partial charge in [0.05, 0.1) is 17.5 Å². The summed E-state index contributed by atoms with van der Waals surface area (Å²) < 4.78 is 38.6. The van der Waals surface area contributed by atoms with Gasteiger partial charge in [0.15, 0.2) is 0 Å². The average Bonchev–Trinajstić information content (AvgIpc) is 2.54. The molecule has 0 radical (unpaired) electrons. The van der Waals surface area contributed by atoms with E-state index in [4.69, 9.17) is 0 Å². The highest BCUT2D eigenvalue weighted by atomic mass is 35.5. The average molecular weight is 365 g/mol. The zero-order chi connectivity index (χ0) is 16.9. The van der Waals surface area contributed by atoms with E-state index in [9.17, 15) is 18.0 Å². The highest BCUT2D eigenvalue weighted by Crippen LogP contribution is 2.31. The lowest BCUT2D eigenvalue weighted by atomic mass is 9.96. The van der Waals surface area contributed by atoms with E-state index >= 15 is 0 Å². The topological polar surface area (TPSA) is 41.1 Å². The Hall–Kier alpha value is -1.27. The molecular weight excluding hydrogens is 341 g/mol. The minimum Gasteiger partial charge on any atom is -0.349 e. The summed E-state index contributed by atoms with van der Waals surface area (Å²) in [7, 11) is 0. The van der Waals surface area contributed by atoms with Crippen LogP contribution in [0.2, 0.25) is 0 Å². The van der Waals surface area contributed by atoms with E-state index in [1.807, 2.05) is 6.92 Å². The van der Waals surface area contributed by atoms with Crippen molar-refractivity contribution in [1.29, 1.82) is 0 Å². The molecule has 1 aliphatic rings. The first-order valence-corrected chi connectivity index (χ1v) is 8.10. The number of piperidine rings is 1. The Balaban J connectivity index is 0.00000288. The lowest BCUT2D eigenvalue weighted by Gasteiger charge is -2.26. The number of amides is 1. The second kappa shape index (κ2) is 9.28. The molecule has 1 amide bonds. The van der Waals surface area contributed by atoms with Crippen molar-refractivity contribution in [2.75, 3.05) is 13.1 Å². The summed E-state index contributed by atoms with van der Waals surface area (Å²) >= 11 is 0. The molecule has 0 saturated carbocycles. The Kier molecular flexibility index (Phi) is 8.03. The summed E-state index contributed by atoms with van der Waals surface area (Å²) in [6.07, 6.45) is -1.21. The molecule has 0 bridgehead atoms. The molecule has 3 nitrogen and oxygen atoms in total. The van der Waals surface area contributed by atoms with Gasteiger partial charge in [-0.1, -0.05) is 25.5 Å². The summed E-state index contributed by atoms with van der Waals surface area (Å²) in [6.45, 7) is 3.50. The summed E-state index contributed by atoms with van der Waals surface area (Å²) in [5.74, 6) is -0.179. The second-order valence-corrected chi connectivity index (χ2v) is 6.02. The molecule has 2 atom stereocenters. The molecule has 2 unspecified atom stereocenters. The first kappa shape index (κ1) is 20.8. The molecule has 1 heterocycles. The van der Waals surface area contributed by atoms with Crippen molar-refractivity contribution in [1.82, 2.24) is 10.6 Å². The molecule has 0 aromatic heterocycles. The molecule has 1 fully saturated rings. The van der Waals surface area contributed by atoms with Crippen molar-refractivity contribution in [3.05, 3.63) is 35.4 Å². The standard InChI is InChI=1S/C17H23F3N2O.ClH/c1-2-5-15(22-16(23)13-7-4-9-21-11-13)12-6-3-8-14(10-12)17(18,19)20;/h3,6,8,10,13,15,21H,2,4-5,7,9,11H2,1H3,(H,22,23);1H. The molecule has 2 rings (SSSR count). The van der Waals surface area contributed by atoms with Gasteiger partial charge in [0.1, 0.15) is 0 Å². The van der Waals surface area contributed by atoms with Gasteiger partial charge in [-0.3, -0.25) is 4.79 Å². The molecule has 136 valence electrons. The SMILES string of the molecule is CCCC(NC(=O)C1CCCNC1)c1cccc(C(F)(F)F)c1.Cl. The number of hydrogen-bond donors (Lipinski definition) is 2. The second-order valence-electron chi connectivity index (χ2n) is 6.02. The van der Waals surface area contributed by atoms with E-state index in [1.54, 1.807) is 6.07 Å². The van der Waals surface area contributed by atoms with Crippen LogP contribution < -0.4 is 10.6 Å². The quantitative estimate of drug-likeness (QED) is 0.826. The summed E-state index contributed by atoms with van der Waals surface area (Å²) in [4.78, 5) is 12.4. The Bertz CT molecular complexity index is 531. The fourth-order valence-electron chi connectivity index (χ4n) is 2.91. The fraction of sp³-hybridized carbons (Fsp3) is 0.588. The van der Waals surface area contributed by atoms with Crippen LogP contribution in [0.3, 0.4) is 0 Å². The molecule has 1 aromatic carbocycles. The van der Waals surface area contributed by atoms with Gasteiger partial charge < -0.3 is 10.6 Å². The molecule has 1 aliphatic heterocycles. The highest BCUT2D eigenvalue weighted by molar-refractivity contribution is 5.85. The smallest absolute Gasteiger partial charge is 0.349 e. The van der Waals surface area contributed by atoms with Crippen molar-refractivity contribution in [3.63, 3.8) is 0 Å². The maximum Gasteiger partial charge on any atom is 0.416 e. The highest BCUT2D eigenvalue weighted by Gasteiger charge is 2.31. The van der Waals surface area contributed by atoms with Crippen LogP contribution in [0.5, 0.6) is 0 Å². The maximum absolute atomic E-state index is 12.9. The minimum atomic E-state index is -4.37. The predicted molar refractivity (Wildman–Crippen MR) is 90.1 cm³/mol. The molecular formula is C17H24ClF3N2O. The van der Waals surface area contributed by atoms with E-state index in [0.29, 0.717) is 18.5 Å². The molecule has 0 aliphatic carbocycles. The van der Waals surface area contributed by atoms with Gasteiger partial charge in [0.25, 0.3) is 0 Å². The number of carbonyl (C=O) groups is 1. The van der Waals surface area contributed by atoms with Gasteiger partial charge in [-0.25, -0.2) is 0 Å². The van der Waals surface area contributed by atoms with Crippen molar-refractivity contribution in [3.8, 4) is 0 Å². The zero-order valence-corrected chi connectivity index (χ0v) is 14.5. The Morgan fingerprint density at radius 3 is 2.75 bits per heavy atom. The first-order chi connectivity index (χ1) is 10.9. The summed E-state index contributed by atoms with van der Waals surface area (Å²) in [5, 5.41) is 6.12. The number of hydrogen-bond acceptors (Lipinski definition) is 2. The van der Waals surface area contributed by atoms with Crippen molar-refractivity contribution >= 4 is 18.3 Å². The zero-order valence-electron chi connectivity index (χ0n) is 13.7. The Morgan fingerprint density at radius 2 is 2.17 bits per heavy atom. The van der Waals surface area contributed by atoms with Crippen LogP contribution in [0.15, 0.2) is 24.3 Å². The molecule has 24 heavy (non-hydrogen) atoms. The lowest BCUT2D eigenvalue weighted by molar-refractivity contribution is -0.137. The largest absolute Gasteiger partial charge is 0.416 e. The number of halogens is 4. The molecule has 1 saturated heterocycles. The van der Waals surface area contributed by atoms with Crippen LogP contribution >= 0.6 is 12.4 Å². The van der Waals surface area contributed by atoms with Crippen LogP contribution in [0.4, 0.5) is 13.2 Å². The van der Waals surface area contributed by atoms with Gasteiger partial charge in [-0.2, -0.15) is 13.2 Å². The predicted octanol–water partition coefficient (Wildman–Crippen LogP) is 4.08. The molecule has 0 spiro atoms. The summed E-state index contributed by atoms with van der Waals surface area (Å²) in [6, 6.07) is 4.86. The molecule has 7 heteroatoms. The third-order valence-corrected chi connectivity index (χ3v) is 4.18. The van der Waals surface area contributed by atoms with Crippen LogP contribution in [0.25, 0.3) is 0 Å². The number of nitrogens with one attached hydrogen (secondary N) is 2. The van der Waals surface area contributed by atoms with E-state index in [-0.39, 0.29) is 30.3 Å². The monoisotopic (exact) mass is 364 g/mol. The van der Waals surface area contributed by atoms with Crippen LogP contribution in [0.1, 0.15) is 49.8 Å². The lowest BCUT2D eigenvalue weighted by Crippen LogP contribution is -2.41. The van der Waals surface area contributed by atoms with Crippen LogP contribution in [-0.2, 0) is 11.0 Å². The van der Waals surface area contributed by atoms with Gasteiger partial charge in [-0.15, -0.1) is 12.4 Å². The van der Waals surface area contributed by atoms with E-state index in [2.05, 4.69) is 10.6 Å². The van der Waals surface area contributed by atoms with E-state index in [0.717, 1.165) is 37.9 Å². The Labute approximate surface area is 146 Å². The van der Waals surface area contributed by atoms with Crippen molar-refractivity contribution in [2.45, 2.75) is 44.8 Å². The summed E-state index contributed by atoms with van der Waals surface area (Å²) in [5.41, 5.74) is -0.163. The molecule has 1 aromatic rings. The first-order valence-electron chi connectivity index (χ1n) is 8.10. The van der Waals surface area contributed by atoms with Crippen molar-refractivity contribution in [2.24, 2.45) is 5.92 Å². The Morgan fingerprint density at radius 1 is 1.42 bits per heavy atom. The van der Waals surface area contributed by atoms with Crippen LogP contribution in [-0.4, -0.2) is 19.0 Å². The van der Waals surface area contributed by atoms with Crippen molar-refractivity contribution < 1.29 is 18.0 Å². The number of rotatable bonds is 5. The van der Waals surface area contributed by atoms with Gasteiger partial charge in [-0.05, 0) is 43.5 Å². The van der Waals surface area contributed by atoms with Gasteiger partial charge in [0.2, 0.25) is 5.91 Å². The van der Waals surface area contributed by atoms with Gasteiger partial charge in [0, 0.05) is 6.54 Å². The number of benzene rings is 1. The maximum atomic E-state index is 12.9. The van der Waals surface area contributed by atoms with Crippen LogP contribution in [0, 0.1) is 5.92 Å². The molecule has 2 N–H and O–H groups in total. The normalized spacial score (nSPS) is 19.2. The third-order valence-electron chi connectivity index (χ3n) is 4.18. The number of carbonyl (C=O) groups excluding carboxylic acids is 1. The minimum absolute atomic E-state index is 0. The fourth-order valence-corrected chi connectivity index (χ4v) is 2.91. The van der Waals surface area contributed by atoms with E-state index in [1.165, 1.54) is 6.07 Å². The van der Waals surface area contributed by atoms with Gasteiger partial charge >= 0.3 is 6.18 Å².